The van der Waals surface area contributed by atoms with E-state index in [1.807, 2.05) is 6.08 Å². The maximum atomic E-state index is 11.4. The van der Waals surface area contributed by atoms with Gasteiger partial charge in [-0.25, -0.2) is 4.79 Å². The molecule has 13 heavy (non-hydrogen) atoms. The van der Waals surface area contributed by atoms with Crippen molar-refractivity contribution in [2.24, 2.45) is 5.73 Å². The number of carbonyl (C=O) groups excluding carboxylic acids is 1. The molecule has 0 spiro atoms. The molecule has 0 aromatic rings. The number of thioether (sulfide) groups is 1. The van der Waals surface area contributed by atoms with Crippen molar-refractivity contribution in [1.82, 2.24) is 0 Å². The zero-order valence-corrected chi connectivity index (χ0v) is 8.82. The number of rotatable bonds is 3. The molecule has 0 saturated carbocycles. The van der Waals surface area contributed by atoms with Crippen molar-refractivity contribution in [3.8, 4) is 0 Å². The van der Waals surface area contributed by atoms with E-state index >= 15 is 0 Å². The monoisotopic (exact) mass is 201 g/mol. The zero-order chi connectivity index (χ0) is 9.90. The lowest BCUT2D eigenvalue weighted by Crippen LogP contribution is -2.43. The molecule has 0 radical (unpaired) electrons. The van der Waals surface area contributed by atoms with Crippen molar-refractivity contribution in [3.05, 3.63) is 11.0 Å². The van der Waals surface area contributed by atoms with Crippen molar-refractivity contribution < 1.29 is 9.53 Å². The maximum absolute atomic E-state index is 11.4. The molecule has 0 aliphatic carbocycles. The van der Waals surface area contributed by atoms with Gasteiger partial charge in [0.25, 0.3) is 0 Å². The highest BCUT2D eigenvalue weighted by atomic mass is 32.2. The summed E-state index contributed by atoms with van der Waals surface area (Å²) in [6, 6.07) is 0. The summed E-state index contributed by atoms with van der Waals surface area (Å²) in [5.41, 5.74) is 5.89. The van der Waals surface area contributed by atoms with Crippen LogP contribution >= 0.6 is 11.8 Å². The van der Waals surface area contributed by atoms with Gasteiger partial charge in [-0.05, 0) is 18.2 Å². The SMILES string of the molecule is CCOC(=O)C1(N)CC=C(CC)S1. The molecule has 1 aliphatic rings. The molecule has 74 valence electrons. The van der Waals surface area contributed by atoms with Crippen molar-refractivity contribution in [1.29, 1.82) is 0 Å². The van der Waals surface area contributed by atoms with Gasteiger partial charge >= 0.3 is 5.97 Å². The Balaban J connectivity index is 2.57. The summed E-state index contributed by atoms with van der Waals surface area (Å²) < 4.78 is 4.90. The van der Waals surface area contributed by atoms with Crippen LogP contribution in [0, 0.1) is 0 Å². The van der Waals surface area contributed by atoms with Gasteiger partial charge in [-0.2, -0.15) is 0 Å². The number of hydrogen-bond acceptors (Lipinski definition) is 4. The van der Waals surface area contributed by atoms with Crippen LogP contribution < -0.4 is 5.73 Å². The number of nitrogens with two attached hydrogens (primary N) is 1. The normalized spacial score (nSPS) is 27.2. The number of carbonyl (C=O) groups is 1. The fraction of sp³-hybridized carbons (Fsp3) is 0.667. The highest BCUT2D eigenvalue weighted by Gasteiger charge is 2.39. The predicted molar refractivity (Wildman–Crippen MR) is 54.1 cm³/mol. The third kappa shape index (κ3) is 2.25. The number of ether oxygens (including phenoxy) is 1. The molecule has 0 amide bonds. The molecular formula is C9H15NO2S. The first kappa shape index (κ1) is 10.6. The van der Waals surface area contributed by atoms with Gasteiger partial charge < -0.3 is 10.5 Å². The fourth-order valence-electron chi connectivity index (χ4n) is 1.18. The maximum Gasteiger partial charge on any atom is 0.337 e. The highest BCUT2D eigenvalue weighted by Crippen LogP contribution is 2.40. The second-order valence-corrected chi connectivity index (χ2v) is 4.40. The smallest absolute Gasteiger partial charge is 0.337 e. The Kier molecular flexibility index (Phi) is 3.39. The first-order valence-electron chi connectivity index (χ1n) is 4.46. The average molecular weight is 201 g/mol. The van der Waals surface area contributed by atoms with Crippen LogP contribution in [0.3, 0.4) is 0 Å². The summed E-state index contributed by atoms with van der Waals surface area (Å²) in [5, 5.41) is 0. The quantitative estimate of drug-likeness (QED) is 0.705. The molecule has 0 fully saturated rings. The molecule has 1 unspecified atom stereocenters. The van der Waals surface area contributed by atoms with E-state index in [-0.39, 0.29) is 5.97 Å². The molecule has 1 aliphatic heterocycles. The fourth-order valence-corrected chi connectivity index (χ4v) is 2.27. The Bertz CT molecular complexity index is 240. The van der Waals surface area contributed by atoms with E-state index in [1.54, 1.807) is 6.92 Å². The second kappa shape index (κ2) is 4.15. The van der Waals surface area contributed by atoms with Gasteiger partial charge in [0.2, 0.25) is 0 Å². The van der Waals surface area contributed by atoms with Gasteiger partial charge in [0, 0.05) is 6.42 Å². The summed E-state index contributed by atoms with van der Waals surface area (Å²) >= 11 is 1.43. The van der Waals surface area contributed by atoms with Crippen LogP contribution in [0.5, 0.6) is 0 Å². The molecule has 1 atom stereocenters. The lowest BCUT2D eigenvalue weighted by molar-refractivity contribution is -0.145. The number of hydrogen-bond donors (Lipinski definition) is 1. The molecule has 0 saturated heterocycles. The molecule has 0 aromatic heterocycles. The van der Waals surface area contributed by atoms with Crippen LogP contribution in [0.25, 0.3) is 0 Å². The van der Waals surface area contributed by atoms with E-state index in [0.29, 0.717) is 13.0 Å². The Morgan fingerprint density at radius 2 is 2.46 bits per heavy atom. The van der Waals surface area contributed by atoms with Crippen LogP contribution in [0.1, 0.15) is 26.7 Å². The largest absolute Gasteiger partial charge is 0.464 e. The van der Waals surface area contributed by atoms with E-state index in [0.717, 1.165) is 6.42 Å². The Hall–Kier alpha value is -0.480. The average Bonchev–Trinajstić information content (AvgIpc) is 2.49. The molecular weight excluding hydrogens is 186 g/mol. The summed E-state index contributed by atoms with van der Waals surface area (Å²) in [4.78, 5) is 11.7. The third-order valence-corrected chi connectivity index (χ3v) is 3.33. The van der Waals surface area contributed by atoms with E-state index in [9.17, 15) is 4.79 Å². The third-order valence-electron chi connectivity index (χ3n) is 1.92. The number of allylic oxidation sites excluding steroid dienone is 1. The number of esters is 1. The summed E-state index contributed by atoms with van der Waals surface area (Å²) in [7, 11) is 0. The van der Waals surface area contributed by atoms with E-state index in [1.165, 1.54) is 16.7 Å². The first-order valence-corrected chi connectivity index (χ1v) is 5.28. The summed E-state index contributed by atoms with van der Waals surface area (Å²) in [6.45, 7) is 4.23. The lowest BCUT2D eigenvalue weighted by Gasteiger charge is -2.20. The van der Waals surface area contributed by atoms with Crippen LogP contribution in [0.15, 0.2) is 11.0 Å². The van der Waals surface area contributed by atoms with Crippen molar-refractivity contribution in [2.45, 2.75) is 31.6 Å². The molecule has 2 N–H and O–H groups in total. The first-order chi connectivity index (χ1) is 6.12. The molecule has 4 heteroatoms. The minimum Gasteiger partial charge on any atom is -0.464 e. The molecule has 0 bridgehead atoms. The van der Waals surface area contributed by atoms with Gasteiger partial charge in [0.05, 0.1) is 6.61 Å². The minimum atomic E-state index is -0.860. The van der Waals surface area contributed by atoms with Crippen LogP contribution in [0.4, 0.5) is 0 Å². The Morgan fingerprint density at radius 3 is 2.92 bits per heavy atom. The van der Waals surface area contributed by atoms with Crippen LogP contribution in [0.2, 0.25) is 0 Å². The van der Waals surface area contributed by atoms with Crippen molar-refractivity contribution >= 4 is 17.7 Å². The predicted octanol–water partition coefficient (Wildman–Crippen LogP) is 1.64. The van der Waals surface area contributed by atoms with E-state index in [2.05, 4.69) is 6.92 Å². The van der Waals surface area contributed by atoms with Gasteiger partial charge in [0.15, 0.2) is 4.87 Å². The topological polar surface area (TPSA) is 52.3 Å². The van der Waals surface area contributed by atoms with Crippen molar-refractivity contribution in [3.63, 3.8) is 0 Å². The zero-order valence-electron chi connectivity index (χ0n) is 8.00. The Labute approximate surface area is 82.7 Å². The van der Waals surface area contributed by atoms with Gasteiger partial charge in [-0.1, -0.05) is 24.8 Å². The summed E-state index contributed by atoms with van der Waals surface area (Å²) in [5.74, 6) is -0.306. The van der Waals surface area contributed by atoms with Gasteiger partial charge in [-0.15, -0.1) is 0 Å². The van der Waals surface area contributed by atoms with Crippen LogP contribution in [-0.4, -0.2) is 17.4 Å². The standard InChI is InChI=1S/C9H15NO2S/c1-3-7-5-6-9(10,13-7)8(11)12-4-2/h5H,3-4,6,10H2,1-2H3. The highest BCUT2D eigenvalue weighted by molar-refractivity contribution is 8.05. The molecule has 1 heterocycles. The Morgan fingerprint density at radius 1 is 1.77 bits per heavy atom. The molecule has 3 nitrogen and oxygen atoms in total. The van der Waals surface area contributed by atoms with Crippen LogP contribution in [-0.2, 0) is 9.53 Å². The second-order valence-electron chi connectivity index (χ2n) is 2.94. The molecule has 1 rings (SSSR count). The van der Waals surface area contributed by atoms with Gasteiger partial charge in [0.1, 0.15) is 0 Å². The lowest BCUT2D eigenvalue weighted by atomic mass is 10.2. The van der Waals surface area contributed by atoms with E-state index < -0.39 is 4.87 Å². The minimum absolute atomic E-state index is 0.306. The van der Waals surface area contributed by atoms with E-state index in [4.69, 9.17) is 10.5 Å². The summed E-state index contributed by atoms with van der Waals surface area (Å²) in [6.07, 6.45) is 3.53. The van der Waals surface area contributed by atoms with Gasteiger partial charge in [-0.3, -0.25) is 0 Å². The van der Waals surface area contributed by atoms with Crippen molar-refractivity contribution in [2.75, 3.05) is 6.61 Å². The molecule has 0 aromatic carbocycles.